The summed E-state index contributed by atoms with van der Waals surface area (Å²) in [7, 11) is 0. The van der Waals surface area contributed by atoms with Crippen molar-refractivity contribution in [3.05, 3.63) is 31.3 Å². The molecule has 0 radical (unpaired) electrons. The fourth-order valence-corrected chi connectivity index (χ4v) is 0.691. The maximum atomic E-state index is 11.4. The molecule has 96 valence electrons. The van der Waals surface area contributed by atoms with E-state index in [9.17, 15) is 4.79 Å². The minimum atomic E-state index is -2.78. The van der Waals surface area contributed by atoms with Crippen LogP contribution in [-0.4, -0.2) is 41.3 Å². The van der Waals surface area contributed by atoms with E-state index < -0.39 is 31.1 Å². The first-order valence-electron chi connectivity index (χ1n) is 4.21. The van der Waals surface area contributed by atoms with E-state index >= 15 is 0 Å². The molecule has 0 saturated heterocycles. The number of aliphatic hydroxyl groups excluding tert-OH is 2. The lowest BCUT2D eigenvalue weighted by atomic mass is 10.4. The first kappa shape index (κ1) is 15.3. The summed E-state index contributed by atoms with van der Waals surface area (Å²) in [6, 6.07) is 0. The zero-order chi connectivity index (χ0) is 14.0. The molecule has 0 aliphatic rings. The highest BCUT2D eigenvalue weighted by molar-refractivity contribution is 5.80. The lowest BCUT2D eigenvalue weighted by Crippen LogP contribution is -2.35. The highest BCUT2D eigenvalue weighted by Gasteiger charge is 2.38. The largest absolute Gasteiger partial charge is 0.462 e. The maximum absolute atomic E-state index is 11.4. The summed E-state index contributed by atoms with van der Waals surface area (Å²) in [4.78, 5) is 18.0. The van der Waals surface area contributed by atoms with E-state index in [-0.39, 0.29) is 0 Å². The van der Waals surface area contributed by atoms with Crippen molar-refractivity contribution in [1.82, 2.24) is 0 Å². The van der Waals surface area contributed by atoms with E-state index in [2.05, 4.69) is 34.8 Å². The summed E-state index contributed by atoms with van der Waals surface area (Å²) in [5.74, 6) is -4.27. The van der Waals surface area contributed by atoms with Gasteiger partial charge in [0.2, 0.25) is 0 Å². The van der Waals surface area contributed by atoms with Crippen molar-refractivity contribution >= 4 is 5.97 Å². The molecule has 13 heteroatoms. The van der Waals surface area contributed by atoms with Gasteiger partial charge in [0.15, 0.2) is 0 Å². The van der Waals surface area contributed by atoms with Crippen LogP contribution >= 0.6 is 0 Å². The molecule has 2 N–H and O–H groups in total. The van der Waals surface area contributed by atoms with Crippen LogP contribution in [-0.2, 0) is 9.53 Å². The molecule has 0 aromatic heterocycles. The summed E-state index contributed by atoms with van der Waals surface area (Å²) in [6.45, 7) is -1.36. The number of nitrogens with zero attached hydrogens (tertiary/aromatic N) is 9. The average molecular weight is 257 g/mol. The number of rotatable bonds is 7. The van der Waals surface area contributed by atoms with Crippen LogP contribution in [0.25, 0.3) is 31.3 Å². The molecule has 0 aromatic rings. The number of carbonyl (C=O) groups excluding carboxylic acids is 1. The summed E-state index contributed by atoms with van der Waals surface area (Å²) in [6.07, 6.45) is -1.38. The highest BCUT2D eigenvalue weighted by atomic mass is 16.5. The SMILES string of the molecule is [N-]=[N+]=NC(N=[N+]=[N-])(N=[N+]=[N-])C(=O)OCC(O)CO. The number of esters is 1. The summed E-state index contributed by atoms with van der Waals surface area (Å²) >= 11 is 0. The van der Waals surface area contributed by atoms with Crippen molar-refractivity contribution in [2.75, 3.05) is 13.2 Å². The Morgan fingerprint density at radius 3 is 2.00 bits per heavy atom. The Balaban J connectivity index is 5.18. The molecule has 1 unspecified atom stereocenters. The van der Waals surface area contributed by atoms with E-state index in [1.807, 2.05) is 0 Å². The number of aliphatic hydroxyl groups is 2. The van der Waals surface area contributed by atoms with Gasteiger partial charge in [-0.05, 0) is 16.6 Å². The second-order valence-corrected chi connectivity index (χ2v) is 2.64. The highest BCUT2D eigenvalue weighted by Crippen LogP contribution is 2.19. The second kappa shape index (κ2) is 7.57. The van der Waals surface area contributed by atoms with Crippen molar-refractivity contribution in [3.8, 4) is 0 Å². The maximum Gasteiger partial charge on any atom is 0.330 e. The standard InChI is InChI=1S/C5H7N9O4/c6-12-9-5(10-13-7,11-14-8)4(17)18-2-3(16)1-15/h3,15-16H,1-2H2. The zero-order valence-electron chi connectivity index (χ0n) is 8.73. The number of hydrogen-bond donors (Lipinski definition) is 2. The van der Waals surface area contributed by atoms with E-state index in [1.54, 1.807) is 0 Å². The lowest BCUT2D eigenvalue weighted by Gasteiger charge is -2.16. The summed E-state index contributed by atoms with van der Waals surface area (Å²) in [5, 5.41) is 25.7. The Morgan fingerprint density at radius 2 is 1.67 bits per heavy atom. The average Bonchev–Trinajstić information content (AvgIpc) is 2.36. The molecule has 0 amide bonds. The van der Waals surface area contributed by atoms with E-state index in [0.29, 0.717) is 0 Å². The Morgan fingerprint density at radius 1 is 1.22 bits per heavy atom. The topological polar surface area (TPSA) is 213 Å². The van der Waals surface area contributed by atoms with Crippen LogP contribution in [0.5, 0.6) is 0 Å². The van der Waals surface area contributed by atoms with Crippen LogP contribution < -0.4 is 0 Å². The first-order chi connectivity index (χ1) is 8.56. The molecular weight excluding hydrogens is 250 g/mol. The van der Waals surface area contributed by atoms with Crippen molar-refractivity contribution < 1.29 is 19.7 Å². The lowest BCUT2D eigenvalue weighted by molar-refractivity contribution is -0.153. The van der Waals surface area contributed by atoms with Gasteiger partial charge in [0.25, 0.3) is 5.79 Å². The molecule has 0 aliphatic heterocycles. The van der Waals surface area contributed by atoms with Gasteiger partial charge in [-0.15, -0.1) is 0 Å². The van der Waals surface area contributed by atoms with Gasteiger partial charge in [-0.1, -0.05) is 15.3 Å². The van der Waals surface area contributed by atoms with E-state index in [0.717, 1.165) is 0 Å². The van der Waals surface area contributed by atoms with Crippen LogP contribution in [0.15, 0.2) is 15.3 Å². The third-order valence-corrected chi connectivity index (χ3v) is 1.44. The van der Waals surface area contributed by atoms with Gasteiger partial charge >= 0.3 is 5.97 Å². The number of azide groups is 1. The molecule has 0 rings (SSSR count). The van der Waals surface area contributed by atoms with Gasteiger partial charge in [0.05, 0.1) is 6.61 Å². The Kier molecular flexibility index (Phi) is 6.44. The van der Waals surface area contributed by atoms with Gasteiger partial charge < -0.3 is 14.9 Å². The second-order valence-electron chi connectivity index (χ2n) is 2.64. The van der Waals surface area contributed by atoms with Crippen LogP contribution in [0.4, 0.5) is 0 Å². The zero-order valence-corrected chi connectivity index (χ0v) is 8.73. The van der Waals surface area contributed by atoms with Crippen LogP contribution in [0.2, 0.25) is 0 Å². The van der Waals surface area contributed by atoms with Crippen molar-refractivity contribution in [1.29, 1.82) is 0 Å². The molecule has 0 bridgehead atoms. The van der Waals surface area contributed by atoms with Crippen LogP contribution in [0, 0.1) is 0 Å². The fourth-order valence-electron chi connectivity index (χ4n) is 0.691. The third kappa shape index (κ3) is 4.06. The quantitative estimate of drug-likeness (QED) is 0.287. The fraction of sp³-hybridized carbons (Fsp3) is 0.800. The monoisotopic (exact) mass is 257 g/mol. The van der Waals surface area contributed by atoms with Crippen molar-refractivity contribution in [2.24, 2.45) is 15.3 Å². The van der Waals surface area contributed by atoms with Crippen molar-refractivity contribution in [3.63, 3.8) is 0 Å². The normalized spacial score (nSPS) is 13.9. The molecular formula is C5H7N9O4. The summed E-state index contributed by atoms with van der Waals surface area (Å²) in [5.41, 5.74) is 24.7. The third-order valence-electron chi connectivity index (χ3n) is 1.44. The molecule has 0 aromatic carbocycles. The molecule has 0 aliphatic carbocycles. The first-order valence-corrected chi connectivity index (χ1v) is 4.21. The molecule has 0 spiro atoms. The molecule has 1 atom stereocenters. The van der Waals surface area contributed by atoms with Gasteiger partial charge in [0.1, 0.15) is 12.7 Å². The van der Waals surface area contributed by atoms with Crippen LogP contribution in [0.1, 0.15) is 0 Å². The van der Waals surface area contributed by atoms with Gasteiger partial charge in [-0.2, -0.15) is 0 Å². The summed E-state index contributed by atoms with van der Waals surface area (Å²) < 4.78 is 4.37. The smallest absolute Gasteiger partial charge is 0.330 e. The number of hydrogen-bond acceptors (Lipinski definition) is 7. The molecule has 0 saturated carbocycles. The van der Waals surface area contributed by atoms with Crippen LogP contribution in [0.3, 0.4) is 0 Å². The molecule has 18 heavy (non-hydrogen) atoms. The van der Waals surface area contributed by atoms with E-state index in [4.69, 9.17) is 26.8 Å². The Bertz CT molecular complexity index is 398. The minimum Gasteiger partial charge on any atom is -0.462 e. The van der Waals surface area contributed by atoms with Crippen molar-refractivity contribution in [2.45, 2.75) is 11.9 Å². The van der Waals surface area contributed by atoms with Gasteiger partial charge in [-0.3, -0.25) is 4.79 Å². The molecule has 0 heterocycles. The Hall–Kier alpha value is -2.68. The van der Waals surface area contributed by atoms with E-state index in [1.165, 1.54) is 0 Å². The minimum absolute atomic E-state index is 0.667. The predicted molar refractivity (Wildman–Crippen MR) is 54.2 cm³/mol. The number of carbonyl (C=O) groups is 1. The van der Waals surface area contributed by atoms with Gasteiger partial charge in [-0.25, -0.2) is 0 Å². The molecule has 13 nitrogen and oxygen atoms in total. The predicted octanol–water partition coefficient (Wildman–Crippen LogP) is 0.467. The number of ether oxygens (including phenoxy) is 1. The molecule has 0 fully saturated rings. The van der Waals surface area contributed by atoms with Gasteiger partial charge in [0, 0.05) is 14.7 Å². The Labute approximate surface area is 98.5 Å².